The van der Waals surface area contributed by atoms with E-state index in [9.17, 15) is 13.6 Å². The van der Waals surface area contributed by atoms with Crippen LogP contribution in [0, 0.1) is 0 Å². The molecule has 10 heteroatoms. The van der Waals surface area contributed by atoms with Gasteiger partial charge in [0.1, 0.15) is 12.1 Å². The van der Waals surface area contributed by atoms with Crippen molar-refractivity contribution in [2.75, 3.05) is 0 Å². The Kier molecular flexibility index (Phi) is 6.90. The number of hydrogen-bond acceptors (Lipinski definition) is 6. The lowest BCUT2D eigenvalue weighted by Gasteiger charge is -2.04. The SMILES string of the molecule is Cn1cnnc1SCc1ccc(C(=O)N/N=C/c2ccc(OC(F)F)cc2)cc1. The zero-order chi connectivity index (χ0) is 20.6. The third-order valence-electron chi connectivity index (χ3n) is 3.74. The number of carbonyl (C=O) groups is 1. The van der Waals surface area contributed by atoms with Crippen LogP contribution in [0.5, 0.6) is 5.75 Å². The summed E-state index contributed by atoms with van der Waals surface area (Å²) in [6.07, 6.45) is 3.05. The second-order valence-electron chi connectivity index (χ2n) is 5.86. The average Bonchev–Trinajstić information content (AvgIpc) is 3.12. The summed E-state index contributed by atoms with van der Waals surface area (Å²) in [6, 6.07) is 13.1. The number of rotatable bonds is 8. The van der Waals surface area contributed by atoms with Crippen LogP contribution >= 0.6 is 11.8 Å². The molecule has 3 aromatic rings. The molecule has 7 nitrogen and oxygen atoms in total. The Morgan fingerprint density at radius 3 is 2.59 bits per heavy atom. The normalized spacial score (nSPS) is 11.2. The Morgan fingerprint density at radius 2 is 1.97 bits per heavy atom. The van der Waals surface area contributed by atoms with Gasteiger partial charge in [-0.2, -0.15) is 13.9 Å². The molecule has 0 saturated heterocycles. The highest BCUT2D eigenvalue weighted by molar-refractivity contribution is 7.98. The Bertz CT molecular complexity index is 975. The number of ether oxygens (including phenoxy) is 1. The molecule has 0 spiro atoms. The van der Waals surface area contributed by atoms with Crippen molar-refractivity contribution in [3.05, 3.63) is 71.5 Å². The first-order valence-corrected chi connectivity index (χ1v) is 9.44. The van der Waals surface area contributed by atoms with Gasteiger partial charge in [0.25, 0.3) is 5.91 Å². The molecule has 0 aliphatic carbocycles. The smallest absolute Gasteiger partial charge is 0.387 e. The lowest BCUT2D eigenvalue weighted by molar-refractivity contribution is -0.0498. The van der Waals surface area contributed by atoms with E-state index in [0.29, 0.717) is 16.9 Å². The van der Waals surface area contributed by atoms with E-state index in [4.69, 9.17) is 0 Å². The Hall–Kier alpha value is -3.27. The fourth-order valence-corrected chi connectivity index (χ4v) is 3.11. The summed E-state index contributed by atoms with van der Waals surface area (Å²) >= 11 is 1.55. The van der Waals surface area contributed by atoms with Crippen LogP contribution in [-0.2, 0) is 12.8 Å². The molecule has 1 heterocycles. The monoisotopic (exact) mass is 417 g/mol. The van der Waals surface area contributed by atoms with Crippen LogP contribution in [0.1, 0.15) is 21.5 Å². The molecule has 1 amide bonds. The van der Waals surface area contributed by atoms with E-state index in [1.165, 1.54) is 18.3 Å². The fraction of sp³-hybridized carbons (Fsp3) is 0.158. The van der Waals surface area contributed by atoms with Gasteiger partial charge in [0, 0.05) is 18.4 Å². The minimum atomic E-state index is -2.87. The van der Waals surface area contributed by atoms with Crippen LogP contribution in [0.2, 0.25) is 0 Å². The molecule has 0 aliphatic heterocycles. The highest BCUT2D eigenvalue weighted by Gasteiger charge is 2.06. The number of benzene rings is 2. The first-order valence-electron chi connectivity index (χ1n) is 8.45. The van der Waals surface area contributed by atoms with Crippen molar-refractivity contribution in [2.24, 2.45) is 12.1 Å². The largest absolute Gasteiger partial charge is 0.435 e. The number of hydrazone groups is 1. The number of halogens is 2. The van der Waals surface area contributed by atoms with Gasteiger partial charge in [-0.3, -0.25) is 4.79 Å². The van der Waals surface area contributed by atoms with Crippen molar-refractivity contribution in [1.29, 1.82) is 0 Å². The first-order chi connectivity index (χ1) is 14.0. The molecule has 0 radical (unpaired) electrons. The highest BCUT2D eigenvalue weighted by atomic mass is 32.2. The maximum absolute atomic E-state index is 12.2. The van der Waals surface area contributed by atoms with Gasteiger partial charge in [-0.25, -0.2) is 5.43 Å². The molecule has 0 aliphatic rings. The second kappa shape index (κ2) is 9.78. The number of nitrogens with one attached hydrogen (secondary N) is 1. The molecule has 0 saturated carbocycles. The Morgan fingerprint density at radius 1 is 1.24 bits per heavy atom. The number of aromatic nitrogens is 3. The summed E-state index contributed by atoms with van der Waals surface area (Å²) in [6.45, 7) is -2.87. The fourth-order valence-electron chi connectivity index (χ4n) is 2.27. The molecule has 2 aromatic carbocycles. The summed E-state index contributed by atoms with van der Waals surface area (Å²) in [4.78, 5) is 12.2. The van der Waals surface area contributed by atoms with Gasteiger partial charge >= 0.3 is 6.61 Å². The number of nitrogens with zero attached hydrogens (tertiary/aromatic N) is 4. The predicted octanol–water partition coefficient (Wildman–Crippen LogP) is 3.47. The van der Waals surface area contributed by atoms with E-state index < -0.39 is 6.61 Å². The van der Waals surface area contributed by atoms with Gasteiger partial charge in [-0.05, 0) is 47.5 Å². The van der Waals surface area contributed by atoms with Crippen molar-refractivity contribution in [2.45, 2.75) is 17.5 Å². The molecule has 1 aromatic heterocycles. The number of amides is 1. The average molecular weight is 417 g/mol. The summed E-state index contributed by atoms with van der Waals surface area (Å²) in [5.41, 5.74) is 4.57. The number of thioether (sulfide) groups is 1. The van der Waals surface area contributed by atoms with E-state index in [1.54, 1.807) is 42.4 Å². The third-order valence-corrected chi connectivity index (χ3v) is 4.84. The lowest BCUT2D eigenvalue weighted by atomic mass is 10.1. The molecule has 150 valence electrons. The molecule has 0 bridgehead atoms. The van der Waals surface area contributed by atoms with Crippen LogP contribution < -0.4 is 10.2 Å². The van der Waals surface area contributed by atoms with Crippen LogP contribution in [0.25, 0.3) is 0 Å². The quantitative estimate of drug-likeness (QED) is 0.345. The Balaban J connectivity index is 1.50. The van der Waals surface area contributed by atoms with Gasteiger partial charge in [-0.15, -0.1) is 10.2 Å². The number of hydrogen-bond donors (Lipinski definition) is 1. The zero-order valence-corrected chi connectivity index (χ0v) is 16.1. The summed E-state index contributed by atoms with van der Waals surface area (Å²) in [5, 5.41) is 12.5. The van der Waals surface area contributed by atoms with Crippen LogP contribution in [-0.4, -0.2) is 33.5 Å². The molecular formula is C19H17F2N5O2S. The van der Waals surface area contributed by atoms with Crippen LogP contribution in [0.4, 0.5) is 8.78 Å². The van der Waals surface area contributed by atoms with E-state index >= 15 is 0 Å². The molecule has 3 rings (SSSR count). The van der Waals surface area contributed by atoms with Crippen molar-refractivity contribution in [1.82, 2.24) is 20.2 Å². The third kappa shape index (κ3) is 6.11. The topological polar surface area (TPSA) is 81.4 Å². The minimum Gasteiger partial charge on any atom is -0.435 e. The maximum Gasteiger partial charge on any atom is 0.387 e. The number of aryl methyl sites for hydroxylation is 1. The van der Waals surface area contributed by atoms with Gasteiger partial charge in [0.2, 0.25) is 0 Å². The van der Waals surface area contributed by atoms with Gasteiger partial charge < -0.3 is 9.30 Å². The molecule has 1 N–H and O–H groups in total. The van der Waals surface area contributed by atoms with Gasteiger partial charge in [0.15, 0.2) is 5.16 Å². The van der Waals surface area contributed by atoms with E-state index in [2.05, 4.69) is 25.5 Å². The van der Waals surface area contributed by atoms with E-state index in [-0.39, 0.29) is 11.7 Å². The summed E-state index contributed by atoms with van der Waals surface area (Å²) < 4.78 is 30.3. The standard InChI is InChI=1S/C19H17F2N5O2S/c1-26-12-23-25-19(26)29-11-14-2-6-15(7-3-14)17(27)24-22-10-13-4-8-16(9-5-13)28-18(20)21/h2-10,12,18H,11H2,1H3,(H,24,27)/b22-10+. The molecule has 0 atom stereocenters. The van der Waals surface area contributed by atoms with E-state index in [1.807, 2.05) is 23.7 Å². The molecular weight excluding hydrogens is 400 g/mol. The predicted molar refractivity (Wildman–Crippen MR) is 105 cm³/mol. The molecule has 0 fully saturated rings. The zero-order valence-electron chi connectivity index (χ0n) is 15.3. The summed E-state index contributed by atoms with van der Waals surface area (Å²) in [7, 11) is 1.88. The van der Waals surface area contributed by atoms with Crippen molar-refractivity contribution < 1.29 is 18.3 Å². The number of carbonyl (C=O) groups excluding carboxylic acids is 1. The highest BCUT2D eigenvalue weighted by Crippen LogP contribution is 2.20. The van der Waals surface area contributed by atoms with Crippen LogP contribution in [0.3, 0.4) is 0 Å². The van der Waals surface area contributed by atoms with E-state index in [0.717, 1.165) is 10.7 Å². The van der Waals surface area contributed by atoms with Gasteiger partial charge in [-0.1, -0.05) is 23.9 Å². The lowest BCUT2D eigenvalue weighted by Crippen LogP contribution is -2.17. The van der Waals surface area contributed by atoms with Gasteiger partial charge in [0.05, 0.1) is 6.21 Å². The van der Waals surface area contributed by atoms with Crippen molar-refractivity contribution in [3.8, 4) is 5.75 Å². The number of alkyl halides is 2. The Labute approximate surface area is 169 Å². The molecule has 29 heavy (non-hydrogen) atoms. The maximum atomic E-state index is 12.2. The first kappa shape index (κ1) is 20.5. The van der Waals surface area contributed by atoms with Crippen molar-refractivity contribution in [3.63, 3.8) is 0 Å². The second-order valence-corrected chi connectivity index (χ2v) is 6.80. The van der Waals surface area contributed by atoms with Crippen molar-refractivity contribution >= 4 is 23.9 Å². The van der Waals surface area contributed by atoms with Crippen LogP contribution in [0.15, 0.2) is 65.1 Å². The molecule has 0 unspecified atom stereocenters. The summed E-state index contributed by atoms with van der Waals surface area (Å²) in [5.74, 6) is 0.405. The minimum absolute atomic E-state index is 0.0543.